The molecule has 19 heavy (non-hydrogen) atoms. The standard InChI is InChI=1S/C19H30/c1-6-8-10-17-15(9-7-2)11-12-16-13-18(3,4)14-19(16,17)5/h6,8-10,16H,7,11-14H2,1-5H3/b8-6-,15-9-,17-10+/t16?,19-/m1/s1. The van der Waals surface area contributed by atoms with Crippen molar-refractivity contribution in [3.63, 3.8) is 0 Å². The van der Waals surface area contributed by atoms with Gasteiger partial charge in [0, 0.05) is 0 Å². The maximum absolute atomic E-state index is 2.52. The van der Waals surface area contributed by atoms with E-state index in [9.17, 15) is 0 Å². The predicted octanol–water partition coefficient (Wildman–Crippen LogP) is 6.06. The lowest BCUT2D eigenvalue weighted by atomic mass is 9.64. The van der Waals surface area contributed by atoms with E-state index in [-0.39, 0.29) is 0 Å². The summed E-state index contributed by atoms with van der Waals surface area (Å²) < 4.78 is 0. The Bertz CT molecular complexity index is 419. The zero-order chi connectivity index (χ0) is 14.1. The zero-order valence-corrected chi connectivity index (χ0v) is 13.4. The highest BCUT2D eigenvalue weighted by Crippen LogP contribution is 2.62. The monoisotopic (exact) mass is 258 g/mol. The van der Waals surface area contributed by atoms with E-state index in [1.165, 1.54) is 25.7 Å². The highest BCUT2D eigenvalue weighted by Gasteiger charge is 2.51. The van der Waals surface area contributed by atoms with Crippen LogP contribution in [0.5, 0.6) is 0 Å². The molecule has 0 bridgehead atoms. The van der Waals surface area contributed by atoms with Gasteiger partial charge in [0.15, 0.2) is 0 Å². The Morgan fingerprint density at radius 1 is 1.26 bits per heavy atom. The Kier molecular flexibility index (Phi) is 4.08. The average molecular weight is 258 g/mol. The Morgan fingerprint density at radius 2 is 2.00 bits per heavy atom. The summed E-state index contributed by atoms with van der Waals surface area (Å²) in [5.41, 5.74) is 4.17. The Hall–Kier alpha value is -0.780. The van der Waals surface area contributed by atoms with Crippen LogP contribution < -0.4 is 0 Å². The van der Waals surface area contributed by atoms with E-state index in [4.69, 9.17) is 0 Å². The summed E-state index contributed by atoms with van der Waals surface area (Å²) in [7, 11) is 0. The fourth-order valence-electron chi connectivity index (χ4n) is 4.62. The van der Waals surface area contributed by atoms with Gasteiger partial charge in [-0.25, -0.2) is 0 Å². The first-order valence-corrected chi connectivity index (χ1v) is 7.96. The summed E-state index contributed by atoms with van der Waals surface area (Å²) in [6.45, 7) is 11.8. The van der Waals surface area contributed by atoms with Crippen LogP contribution in [0.4, 0.5) is 0 Å². The van der Waals surface area contributed by atoms with Crippen LogP contribution in [0.2, 0.25) is 0 Å². The topological polar surface area (TPSA) is 0 Å². The lowest BCUT2D eigenvalue weighted by Gasteiger charge is -2.41. The first kappa shape index (κ1) is 14.6. The van der Waals surface area contributed by atoms with E-state index in [1.807, 2.05) is 0 Å². The molecule has 0 aromatic carbocycles. The van der Waals surface area contributed by atoms with Crippen LogP contribution in [-0.2, 0) is 0 Å². The molecule has 2 aliphatic rings. The fourth-order valence-corrected chi connectivity index (χ4v) is 4.62. The quantitative estimate of drug-likeness (QED) is 0.564. The molecule has 106 valence electrons. The molecule has 0 radical (unpaired) electrons. The largest absolute Gasteiger partial charge is 0.0877 e. The first-order valence-electron chi connectivity index (χ1n) is 7.96. The lowest BCUT2D eigenvalue weighted by molar-refractivity contribution is 0.248. The average Bonchev–Trinajstić information content (AvgIpc) is 2.57. The zero-order valence-electron chi connectivity index (χ0n) is 13.4. The van der Waals surface area contributed by atoms with Crippen LogP contribution in [-0.4, -0.2) is 0 Å². The molecule has 0 aromatic rings. The van der Waals surface area contributed by atoms with Crippen molar-refractivity contribution in [3.05, 3.63) is 35.5 Å². The lowest BCUT2D eigenvalue weighted by Crippen LogP contribution is -2.30. The molecule has 2 fully saturated rings. The highest BCUT2D eigenvalue weighted by molar-refractivity contribution is 5.42. The number of hydrogen-bond acceptors (Lipinski definition) is 0. The van der Waals surface area contributed by atoms with Gasteiger partial charge in [-0.2, -0.15) is 0 Å². The fraction of sp³-hybridized carbons (Fsp3) is 0.684. The molecule has 0 aromatic heterocycles. The normalized spacial score (nSPS) is 38.3. The molecular formula is C19H30. The minimum atomic E-state index is 0.405. The number of fused-ring (bicyclic) bond motifs is 1. The molecule has 0 spiro atoms. The molecule has 0 amide bonds. The Morgan fingerprint density at radius 3 is 2.63 bits per heavy atom. The number of allylic oxidation sites excluding steroid dienone is 6. The van der Waals surface area contributed by atoms with Crippen LogP contribution in [0.1, 0.15) is 66.7 Å². The van der Waals surface area contributed by atoms with Crippen LogP contribution in [0.25, 0.3) is 0 Å². The minimum absolute atomic E-state index is 0.405. The van der Waals surface area contributed by atoms with Gasteiger partial charge in [-0.3, -0.25) is 0 Å². The van der Waals surface area contributed by atoms with E-state index in [2.05, 4.69) is 58.9 Å². The second kappa shape index (κ2) is 5.31. The van der Waals surface area contributed by atoms with Crippen molar-refractivity contribution in [2.75, 3.05) is 0 Å². The van der Waals surface area contributed by atoms with Gasteiger partial charge < -0.3 is 0 Å². The third-order valence-electron chi connectivity index (χ3n) is 5.18. The summed E-state index contributed by atoms with van der Waals surface area (Å²) in [5, 5.41) is 0. The molecule has 0 heterocycles. The molecule has 2 atom stereocenters. The molecule has 2 saturated carbocycles. The predicted molar refractivity (Wildman–Crippen MR) is 85.1 cm³/mol. The molecule has 0 saturated heterocycles. The van der Waals surface area contributed by atoms with Gasteiger partial charge in [-0.1, -0.05) is 52.0 Å². The summed E-state index contributed by atoms with van der Waals surface area (Å²) in [6, 6.07) is 0. The van der Waals surface area contributed by atoms with Crippen molar-refractivity contribution in [2.45, 2.75) is 66.7 Å². The van der Waals surface area contributed by atoms with E-state index >= 15 is 0 Å². The van der Waals surface area contributed by atoms with E-state index in [0.29, 0.717) is 10.8 Å². The third-order valence-corrected chi connectivity index (χ3v) is 5.18. The van der Waals surface area contributed by atoms with Crippen LogP contribution in [0.3, 0.4) is 0 Å². The van der Waals surface area contributed by atoms with Crippen molar-refractivity contribution in [1.82, 2.24) is 0 Å². The molecule has 0 nitrogen and oxygen atoms in total. The van der Waals surface area contributed by atoms with Crippen LogP contribution >= 0.6 is 0 Å². The second-order valence-corrected chi connectivity index (χ2v) is 7.44. The second-order valence-electron chi connectivity index (χ2n) is 7.44. The van der Waals surface area contributed by atoms with Gasteiger partial charge in [-0.15, -0.1) is 0 Å². The molecule has 0 N–H and O–H groups in total. The van der Waals surface area contributed by atoms with Crippen molar-refractivity contribution < 1.29 is 0 Å². The summed E-state index contributed by atoms with van der Waals surface area (Å²) in [4.78, 5) is 0. The summed E-state index contributed by atoms with van der Waals surface area (Å²) >= 11 is 0. The van der Waals surface area contributed by atoms with Crippen molar-refractivity contribution >= 4 is 0 Å². The first-order chi connectivity index (χ1) is 8.93. The van der Waals surface area contributed by atoms with Crippen LogP contribution in [0.15, 0.2) is 35.5 Å². The van der Waals surface area contributed by atoms with Gasteiger partial charge >= 0.3 is 0 Å². The Labute approximate surface area is 119 Å². The van der Waals surface area contributed by atoms with Gasteiger partial charge in [0.2, 0.25) is 0 Å². The van der Waals surface area contributed by atoms with Crippen molar-refractivity contribution in [1.29, 1.82) is 0 Å². The minimum Gasteiger partial charge on any atom is -0.0877 e. The van der Waals surface area contributed by atoms with Gasteiger partial charge in [-0.05, 0) is 66.9 Å². The van der Waals surface area contributed by atoms with E-state index in [0.717, 1.165) is 12.3 Å². The number of hydrogen-bond donors (Lipinski definition) is 0. The smallest absolute Gasteiger partial charge is 0.00390 e. The van der Waals surface area contributed by atoms with Gasteiger partial charge in [0.1, 0.15) is 0 Å². The van der Waals surface area contributed by atoms with Gasteiger partial charge in [0.05, 0.1) is 0 Å². The molecule has 2 aliphatic carbocycles. The highest BCUT2D eigenvalue weighted by atomic mass is 14.6. The molecule has 1 unspecified atom stereocenters. The molecule has 2 rings (SSSR count). The maximum atomic E-state index is 2.52. The maximum Gasteiger partial charge on any atom is -0.00390 e. The molecule has 0 heteroatoms. The molecular weight excluding hydrogens is 228 g/mol. The molecule has 0 aliphatic heterocycles. The van der Waals surface area contributed by atoms with E-state index < -0.39 is 0 Å². The summed E-state index contributed by atoms with van der Waals surface area (Å²) in [6.07, 6.45) is 15.8. The van der Waals surface area contributed by atoms with Crippen molar-refractivity contribution in [3.8, 4) is 0 Å². The number of rotatable bonds is 2. The van der Waals surface area contributed by atoms with Gasteiger partial charge in [0.25, 0.3) is 0 Å². The van der Waals surface area contributed by atoms with Crippen molar-refractivity contribution in [2.24, 2.45) is 16.7 Å². The summed E-state index contributed by atoms with van der Waals surface area (Å²) in [5.74, 6) is 0.882. The van der Waals surface area contributed by atoms with E-state index in [1.54, 1.807) is 11.1 Å². The Balaban J connectivity index is 2.43. The van der Waals surface area contributed by atoms with Crippen LogP contribution in [0, 0.1) is 16.7 Å². The third kappa shape index (κ3) is 2.73. The SMILES string of the molecule is C\C=C/C=C1\C(=C/CC)CCC2CC(C)(C)C[C@@]12C.